The number of hydrogen-bond donors (Lipinski definition) is 1. The summed E-state index contributed by atoms with van der Waals surface area (Å²) in [6.45, 7) is 6.62. The van der Waals surface area contributed by atoms with Crippen molar-refractivity contribution < 1.29 is 9.90 Å². The van der Waals surface area contributed by atoms with E-state index in [0.29, 0.717) is 11.5 Å². The van der Waals surface area contributed by atoms with E-state index in [9.17, 15) is 4.79 Å². The number of aromatic nitrogens is 2. The van der Waals surface area contributed by atoms with Crippen LogP contribution in [0, 0.1) is 5.92 Å². The molecule has 1 heterocycles. The summed E-state index contributed by atoms with van der Waals surface area (Å²) in [5.41, 5.74) is 2.18. The predicted octanol–water partition coefficient (Wildman–Crippen LogP) is 3.44. The summed E-state index contributed by atoms with van der Waals surface area (Å²) >= 11 is 0. The van der Waals surface area contributed by atoms with Crippen molar-refractivity contribution in [2.75, 3.05) is 0 Å². The van der Waals surface area contributed by atoms with E-state index in [-0.39, 0.29) is 5.54 Å². The molecule has 106 valence electrons. The van der Waals surface area contributed by atoms with Crippen LogP contribution in [0.15, 0.2) is 18.2 Å². The number of aryl methyl sites for hydroxylation is 1. The van der Waals surface area contributed by atoms with Crippen molar-refractivity contribution in [3.8, 4) is 0 Å². The van der Waals surface area contributed by atoms with Gasteiger partial charge >= 0.3 is 5.97 Å². The van der Waals surface area contributed by atoms with Crippen LogP contribution in [-0.2, 0) is 12.0 Å². The molecule has 4 heteroatoms. The second kappa shape index (κ2) is 4.33. The highest BCUT2D eigenvalue weighted by Crippen LogP contribution is 2.45. The van der Waals surface area contributed by atoms with Crippen LogP contribution in [0.3, 0.4) is 0 Å². The third kappa shape index (κ3) is 1.90. The maximum atomic E-state index is 11.1. The van der Waals surface area contributed by atoms with Gasteiger partial charge < -0.3 is 9.67 Å². The molecule has 0 spiro atoms. The molecule has 1 aliphatic carbocycles. The third-order valence-electron chi connectivity index (χ3n) is 4.44. The molecular formula is C16H20N2O2. The fraction of sp³-hybridized carbons (Fsp3) is 0.500. The number of hydrogen-bond acceptors (Lipinski definition) is 2. The first-order valence-corrected chi connectivity index (χ1v) is 7.20. The van der Waals surface area contributed by atoms with Crippen LogP contribution in [0.4, 0.5) is 0 Å². The van der Waals surface area contributed by atoms with Crippen molar-refractivity contribution in [2.45, 2.75) is 45.6 Å². The number of nitrogens with zero attached hydrogens (tertiary/aromatic N) is 2. The highest BCUT2D eigenvalue weighted by molar-refractivity contribution is 5.92. The van der Waals surface area contributed by atoms with Crippen molar-refractivity contribution in [3.63, 3.8) is 0 Å². The summed E-state index contributed by atoms with van der Waals surface area (Å²) in [5.74, 6) is 0.838. The minimum Gasteiger partial charge on any atom is -0.478 e. The number of carboxylic acid groups (broad SMARTS) is 1. The lowest BCUT2D eigenvalue weighted by Crippen LogP contribution is -2.30. The molecule has 0 amide bonds. The molecule has 1 aromatic heterocycles. The zero-order valence-corrected chi connectivity index (χ0v) is 12.2. The van der Waals surface area contributed by atoms with E-state index in [4.69, 9.17) is 5.11 Å². The highest BCUT2D eigenvalue weighted by Gasteiger charge is 2.40. The lowest BCUT2D eigenvalue weighted by atomic mass is 9.97. The van der Waals surface area contributed by atoms with Gasteiger partial charge in [-0.2, -0.15) is 0 Å². The van der Waals surface area contributed by atoms with Gasteiger partial charge in [0.1, 0.15) is 5.82 Å². The molecular weight excluding hydrogens is 252 g/mol. The topological polar surface area (TPSA) is 55.1 Å². The summed E-state index contributed by atoms with van der Waals surface area (Å²) < 4.78 is 2.31. The van der Waals surface area contributed by atoms with Crippen molar-refractivity contribution in [2.24, 2.45) is 5.92 Å². The van der Waals surface area contributed by atoms with Crippen LogP contribution in [-0.4, -0.2) is 20.6 Å². The number of rotatable bonds is 4. The van der Waals surface area contributed by atoms with Crippen LogP contribution >= 0.6 is 0 Å². The SMILES string of the molecule is CCc1nc2cc(C(=O)O)ccc2n1C(C)(C)C1CC1. The van der Waals surface area contributed by atoms with Gasteiger partial charge in [0, 0.05) is 12.0 Å². The molecule has 1 aliphatic rings. The van der Waals surface area contributed by atoms with Crippen molar-refractivity contribution >= 4 is 17.0 Å². The van der Waals surface area contributed by atoms with Gasteiger partial charge in [-0.25, -0.2) is 9.78 Å². The van der Waals surface area contributed by atoms with E-state index in [1.54, 1.807) is 12.1 Å². The average Bonchev–Trinajstić information content (AvgIpc) is 3.18. The van der Waals surface area contributed by atoms with Crippen LogP contribution in [0.2, 0.25) is 0 Å². The van der Waals surface area contributed by atoms with Crippen molar-refractivity contribution in [3.05, 3.63) is 29.6 Å². The number of fused-ring (bicyclic) bond motifs is 1. The average molecular weight is 272 g/mol. The number of carbonyl (C=O) groups is 1. The second-order valence-corrected chi connectivity index (χ2v) is 6.15. The first kappa shape index (κ1) is 13.2. The third-order valence-corrected chi connectivity index (χ3v) is 4.44. The van der Waals surface area contributed by atoms with Gasteiger partial charge in [-0.3, -0.25) is 0 Å². The fourth-order valence-electron chi connectivity index (χ4n) is 3.12. The van der Waals surface area contributed by atoms with Gasteiger partial charge in [0.2, 0.25) is 0 Å². The molecule has 1 aromatic carbocycles. The second-order valence-electron chi connectivity index (χ2n) is 6.15. The monoisotopic (exact) mass is 272 g/mol. The first-order valence-electron chi connectivity index (χ1n) is 7.20. The molecule has 0 aliphatic heterocycles. The first-order chi connectivity index (χ1) is 9.45. The number of benzene rings is 1. The lowest BCUT2D eigenvalue weighted by Gasteiger charge is -2.29. The van der Waals surface area contributed by atoms with Gasteiger partial charge in [-0.15, -0.1) is 0 Å². The number of carboxylic acids is 1. The molecule has 2 aromatic rings. The summed E-state index contributed by atoms with van der Waals surface area (Å²) in [6, 6.07) is 5.25. The summed E-state index contributed by atoms with van der Waals surface area (Å²) in [7, 11) is 0. The van der Waals surface area contributed by atoms with Crippen molar-refractivity contribution in [1.82, 2.24) is 9.55 Å². The zero-order chi connectivity index (χ0) is 14.5. The predicted molar refractivity (Wildman–Crippen MR) is 78.1 cm³/mol. The Morgan fingerprint density at radius 3 is 2.70 bits per heavy atom. The maximum absolute atomic E-state index is 11.1. The Morgan fingerprint density at radius 1 is 1.45 bits per heavy atom. The maximum Gasteiger partial charge on any atom is 0.335 e. The van der Waals surface area contributed by atoms with Gasteiger partial charge in [-0.05, 0) is 50.8 Å². The molecule has 3 rings (SSSR count). The normalized spacial score (nSPS) is 15.8. The number of aromatic carboxylic acids is 1. The summed E-state index contributed by atoms with van der Waals surface area (Å²) in [6.07, 6.45) is 3.39. The van der Waals surface area contributed by atoms with Crippen molar-refractivity contribution in [1.29, 1.82) is 0 Å². The quantitative estimate of drug-likeness (QED) is 0.927. The van der Waals surface area contributed by atoms with Crippen LogP contribution in [0.1, 0.15) is 49.8 Å². The smallest absolute Gasteiger partial charge is 0.335 e. The van der Waals surface area contributed by atoms with Crippen LogP contribution < -0.4 is 0 Å². The Balaban J connectivity index is 2.22. The Kier molecular flexibility index (Phi) is 2.85. The molecule has 0 saturated heterocycles. The molecule has 20 heavy (non-hydrogen) atoms. The summed E-state index contributed by atoms with van der Waals surface area (Å²) in [4.78, 5) is 15.7. The van der Waals surface area contributed by atoms with E-state index in [0.717, 1.165) is 23.3 Å². The summed E-state index contributed by atoms with van der Waals surface area (Å²) in [5, 5.41) is 9.10. The molecule has 0 atom stereocenters. The van der Waals surface area contributed by atoms with E-state index in [1.807, 2.05) is 6.07 Å². The Bertz CT molecular complexity index is 681. The minimum absolute atomic E-state index is 0.0465. The molecule has 1 fully saturated rings. The lowest BCUT2D eigenvalue weighted by molar-refractivity contribution is 0.0697. The van der Waals surface area contributed by atoms with Gasteiger partial charge in [0.15, 0.2) is 0 Å². The highest BCUT2D eigenvalue weighted by atomic mass is 16.4. The molecule has 0 unspecified atom stereocenters. The molecule has 0 bridgehead atoms. The van der Waals surface area contributed by atoms with E-state index >= 15 is 0 Å². The number of imidazole rings is 1. The van der Waals surface area contributed by atoms with Gasteiger partial charge in [0.25, 0.3) is 0 Å². The largest absolute Gasteiger partial charge is 0.478 e. The molecule has 4 nitrogen and oxygen atoms in total. The molecule has 0 radical (unpaired) electrons. The zero-order valence-electron chi connectivity index (χ0n) is 12.2. The minimum atomic E-state index is -0.902. The van der Waals surface area contributed by atoms with Gasteiger partial charge in [-0.1, -0.05) is 6.92 Å². The Labute approximate surface area is 118 Å². The van der Waals surface area contributed by atoms with E-state index in [2.05, 4.69) is 30.3 Å². The Morgan fingerprint density at radius 2 is 2.15 bits per heavy atom. The van der Waals surface area contributed by atoms with E-state index < -0.39 is 5.97 Å². The van der Waals surface area contributed by atoms with Crippen LogP contribution in [0.5, 0.6) is 0 Å². The van der Waals surface area contributed by atoms with Crippen LogP contribution in [0.25, 0.3) is 11.0 Å². The standard InChI is InChI=1S/C16H20N2O2/c1-4-14-17-12-9-10(15(19)20)5-8-13(12)18(14)16(2,3)11-6-7-11/h5,8-9,11H,4,6-7H2,1-3H3,(H,19,20). The van der Waals surface area contributed by atoms with E-state index in [1.165, 1.54) is 12.8 Å². The molecule has 1 N–H and O–H groups in total. The Hall–Kier alpha value is -1.84. The molecule has 1 saturated carbocycles. The van der Waals surface area contributed by atoms with Gasteiger partial charge in [0.05, 0.1) is 16.6 Å². The fourth-order valence-corrected chi connectivity index (χ4v) is 3.12.